The Morgan fingerprint density at radius 1 is 0.246 bits per heavy atom. The molecule has 0 saturated carbocycles. The van der Waals surface area contributed by atoms with Gasteiger partial charge in [-0.25, -0.2) is 47.9 Å². The van der Waals surface area contributed by atoms with Gasteiger partial charge in [-0.3, -0.25) is 0 Å². The molecule has 10 atom stereocenters. The molecule has 2 saturated heterocycles. The summed E-state index contributed by atoms with van der Waals surface area (Å²) in [5.74, 6) is -67.6. The van der Waals surface area contributed by atoms with Crippen LogP contribution in [0.15, 0.2) is 78.9 Å². The molecule has 15 rings (SSSR count). The first-order valence-electron chi connectivity index (χ1n) is 37.1. The fourth-order valence-electron chi connectivity index (χ4n) is 14.5. The molecular formula is C82H56O52. The number of fused-ring (bicyclic) bond motifs is 13. The van der Waals surface area contributed by atoms with Crippen LogP contribution in [0.3, 0.4) is 0 Å². The van der Waals surface area contributed by atoms with E-state index < -0.39 is 402 Å². The maximum atomic E-state index is 15.5. The summed E-state index contributed by atoms with van der Waals surface area (Å²) in [5.41, 5.74) is -20.7. The Labute approximate surface area is 735 Å². The van der Waals surface area contributed by atoms with Crippen LogP contribution >= 0.6 is 0 Å². The number of ether oxygens (including phenoxy) is 13. The van der Waals surface area contributed by atoms with Gasteiger partial charge in [0.1, 0.15) is 31.0 Å². The predicted octanol–water partition coefficient (Wildman–Crippen LogP) is 3.71. The molecule has 696 valence electrons. The molecule has 52 nitrogen and oxygen atoms in total. The second-order valence-corrected chi connectivity index (χ2v) is 29.0. The van der Waals surface area contributed by atoms with Crippen molar-refractivity contribution in [3.05, 3.63) is 134 Å². The second-order valence-electron chi connectivity index (χ2n) is 29.0. The lowest BCUT2D eigenvalue weighted by molar-refractivity contribution is -0.282. The highest BCUT2D eigenvalue weighted by atomic mass is 16.8. The first kappa shape index (κ1) is 89.6. The number of hydrogen-bond donors (Lipinski definition) is 29. The molecule has 0 spiro atoms. The fourth-order valence-corrected chi connectivity index (χ4v) is 14.5. The second kappa shape index (κ2) is 32.9. The van der Waals surface area contributed by atoms with Crippen molar-refractivity contribution >= 4 is 59.7 Å². The van der Waals surface area contributed by atoms with Crippen LogP contribution in [-0.2, 0) is 56.8 Å². The molecule has 0 aliphatic carbocycles. The molecule has 10 aromatic carbocycles. The Bertz CT molecular complexity index is 6800. The molecule has 0 bridgehead atoms. The highest BCUT2D eigenvalue weighted by molar-refractivity contribution is 6.12. The lowest BCUT2D eigenvalue weighted by Crippen LogP contribution is -2.63. The number of benzene rings is 10. The summed E-state index contributed by atoms with van der Waals surface area (Å²) < 4.78 is 74.5. The number of carbonyl (C=O) groups is 10. The lowest BCUT2D eigenvalue weighted by atomic mass is 9.91. The van der Waals surface area contributed by atoms with Gasteiger partial charge in [-0.1, -0.05) is 0 Å². The van der Waals surface area contributed by atoms with Crippen molar-refractivity contribution in [1.29, 1.82) is 0 Å². The van der Waals surface area contributed by atoms with E-state index in [2.05, 4.69) is 0 Å². The molecule has 52 heteroatoms. The van der Waals surface area contributed by atoms with Gasteiger partial charge >= 0.3 is 59.7 Å². The molecule has 0 amide bonds. The van der Waals surface area contributed by atoms with E-state index in [4.69, 9.17) is 61.6 Å². The Morgan fingerprint density at radius 2 is 0.515 bits per heavy atom. The Morgan fingerprint density at radius 3 is 0.888 bits per heavy atom. The number of phenols is 29. The summed E-state index contributed by atoms with van der Waals surface area (Å²) in [5, 5.41) is 319. The SMILES string of the molecule is O=C(OC1OC2COC(=O)c3cc(Oc4c(C(=O)OC5OC6COC(=O)c7cc(O)c(O)c(O)c7-c7c(cc(O)c(O)c7O)C(=O)OC6C(OC(=O)c6cc(O)c(O)c(O)c6)C5OC(=O)c5cc(O)c(O)c(O)c5)cc(O)c(O)c4O)c(O)c(O)c3-c3c(cc(O)c(O)c3O)C(=O)OC2C2OC(=O)c3cc(O)c(O)c(O)c3-c3c(cc(O)c(O)c3O)C(=O)OC12)c1cc(O)c(O)c(O)c1. The molecule has 0 radical (unpaired) electrons. The molecular weight excluding hydrogens is 1820 g/mol. The van der Waals surface area contributed by atoms with Gasteiger partial charge in [0, 0.05) is 45.5 Å². The number of carbonyl (C=O) groups excluding carboxylic acids is 10. The van der Waals surface area contributed by atoms with E-state index in [1.54, 1.807) is 0 Å². The zero-order valence-electron chi connectivity index (χ0n) is 65.6. The zero-order chi connectivity index (χ0) is 97.5. The minimum atomic E-state index is -3.13. The monoisotopic (exact) mass is 1870 g/mol. The summed E-state index contributed by atoms with van der Waals surface area (Å²) in [4.78, 5) is 149. The van der Waals surface area contributed by atoms with Crippen molar-refractivity contribution in [2.45, 2.75) is 61.4 Å². The predicted molar refractivity (Wildman–Crippen MR) is 414 cm³/mol. The largest absolute Gasteiger partial charge is 0.504 e. The number of aromatic hydroxyl groups is 29. The van der Waals surface area contributed by atoms with Crippen LogP contribution in [0.25, 0.3) is 33.4 Å². The van der Waals surface area contributed by atoms with E-state index in [0.717, 1.165) is 0 Å². The normalized spacial score (nSPS) is 19.6. The van der Waals surface area contributed by atoms with Gasteiger partial charge in [0.15, 0.2) is 157 Å². The molecule has 134 heavy (non-hydrogen) atoms. The minimum Gasteiger partial charge on any atom is -0.504 e. The number of cyclic esters (lactones) is 2. The van der Waals surface area contributed by atoms with Gasteiger partial charge in [0.25, 0.3) is 0 Å². The molecule has 5 aliphatic rings. The fraction of sp³-hybridized carbons (Fsp3) is 0.146. The van der Waals surface area contributed by atoms with E-state index in [-0.39, 0.29) is 30.3 Å². The van der Waals surface area contributed by atoms with Gasteiger partial charge in [-0.2, -0.15) is 0 Å². The van der Waals surface area contributed by atoms with Crippen molar-refractivity contribution in [3.63, 3.8) is 0 Å². The average Bonchev–Trinajstić information content (AvgIpc) is 1.19. The smallest absolute Gasteiger partial charge is 0.344 e. The topological polar surface area (TPSA) is 877 Å². The first-order chi connectivity index (χ1) is 63.1. The molecule has 10 unspecified atom stereocenters. The zero-order valence-corrected chi connectivity index (χ0v) is 65.6. The van der Waals surface area contributed by atoms with E-state index in [9.17, 15) is 172 Å². The Hall–Kier alpha value is -19.2. The molecule has 2 fully saturated rings. The average molecular weight is 1870 g/mol. The third kappa shape index (κ3) is 15.0. The van der Waals surface area contributed by atoms with Crippen LogP contribution in [0, 0.1) is 0 Å². The van der Waals surface area contributed by atoms with Gasteiger partial charge in [-0.15, -0.1) is 0 Å². The van der Waals surface area contributed by atoms with Crippen LogP contribution in [0.2, 0.25) is 0 Å². The minimum absolute atomic E-state index is 0.0771. The van der Waals surface area contributed by atoms with Crippen molar-refractivity contribution < 1.29 is 258 Å². The standard InChI is InChI=1S/C82H56O52/c83-26-1-16(2-27(84)47(26)95)71(112)129-67-65-39(14-122-74(115)19-7-32(89)50(98)57(105)41(19)42-20(76(117)127-65)8-33(90)51(99)58(42)106)126-82(69(67)131-72(113)17-3-28(85)48(96)29(86)4-17)134-80(121)25-12-37(94)55(103)63(111)64(25)124-38-13-24-46(62(110)56(38)104)45-21(9-34(91)54(102)61(45)109)77(118)128-66-40(15-123-75(24)116)125-81(133-73(114)18-5-30(87)49(97)31(88)6-18)70-68(66)130-78(119)22-10-35(92)52(100)59(107)43(22)44-23(79(120)132-70)11-36(93)53(101)60(44)108/h1-13,39-40,65-70,81-111H,14-15H2. The Balaban J connectivity index is 0.858. The van der Waals surface area contributed by atoms with Gasteiger partial charge in [0.05, 0.1) is 50.1 Å². The maximum absolute atomic E-state index is 15.5. The summed E-state index contributed by atoms with van der Waals surface area (Å²) in [6.45, 7) is -3.26. The molecule has 10 aromatic rings. The summed E-state index contributed by atoms with van der Waals surface area (Å²) in [6.07, 6.45) is -28.4. The van der Waals surface area contributed by atoms with Crippen molar-refractivity contribution in [2.75, 3.05) is 13.2 Å². The highest BCUT2D eigenvalue weighted by Gasteiger charge is 2.59. The lowest BCUT2D eigenvalue weighted by Gasteiger charge is -2.44. The van der Waals surface area contributed by atoms with Gasteiger partial charge in [0.2, 0.25) is 70.8 Å². The van der Waals surface area contributed by atoms with Crippen LogP contribution in [0.1, 0.15) is 104 Å². The highest BCUT2D eigenvalue weighted by Crippen LogP contribution is 2.60. The summed E-state index contributed by atoms with van der Waals surface area (Å²) >= 11 is 0. The maximum Gasteiger partial charge on any atom is 0.344 e. The van der Waals surface area contributed by atoms with Crippen LogP contribution in [0.5, 0.6) is 178 Å². The van der Waals surface area contributed by atoms with Crippen molar-refractivity contribution in [3.8, 4) is 212 Å². The quantitative estimate of drug-likeness (QED) is 0.0527. The van der Waals surface area contributed by atoms with E-state index in [0.29, 0.717) is 48.5 Å². The molecule has 5 aliphatic heterocycles. The number of esters is 10. The number of phenolic OH excluding ortho intramolecular Hbond substituents is 29. The van der Waals surface area contributed by atoms with Crippen LogP contribution < -0.4 is 4.74 Å². The number of hydrogen-bond acceptors (Lipinski definition) is 52. The van der Waals surface area contributed by atoms with Crippen molar-refractivity contribution in [1.82, 2.24) is 0 Å². The number of rotatable bonds is 10. The molecule has 0 aromatic heterocycles. The van der Waals surface area contributed by atoms with Gasteiger partial charge < -0.3 is 210 Å². The molecule has 29 N–H and O–H groups in total. The third-order valence-electron chi connectivity index (χ3n) is 21.0. The summed E-state index contributed by atoms with van der Waals surface area (Å²) in [6, 6.07) is 3.90. The summed E-state index contributed by atoms with van der Waals surface area (Å²) in [7, 11) is 0. The molecule has 5 heterocycles. The van der Waals surface area contributed by atoms with Gasteiger partial charge in [-0.05, 0) is 66.7 Å². The van der Waals surface area contributed by atoms with Crippen LogP contribution in [-0.4, -0.2) is 282 Å². The Kier molecular flexibility index (Phi) is 22.0. The van der Waals surface area contributed by atoms with E-state index >= 15 is 24.0 Å². The van der Waals surface area contributed by atoms with E-state index in [1.807, 2.05) is 0 Å². The third-order valence-corrected chi connectivity index (χ3v) is 21.0. The first-order valence-corrected chi connectivity index (χ1v) is 37.1. The van der Waals surface area contributed by atoms with E-state index in [1.165, 1.54) is 0 Å². The van der Waals surface area contributed by atoms with Crippen molar-refractivity contribution in [2.24, 2.45) is 0 Å². The van der Waals surface area contributed by atoms with Crippen LogP contribution in [0.4, 0.5) is 0 Å².